The van der Waals surface area contributed by atoms with Gasteiger partial charge in [-0.3, -0.25) is 14.5 Å². The Labute approximate surface area is 145 Å². The summed E-state index contributed by atoms with van der Waals surface area (Å²) in [5.74, 6) is -0.269. The predicted molar refractivity (Wildman–Crippen MR) is 92.6 cm³/mol. The molecule has 0 aromatic carbocycles. The van der Waals surface area contributed by atoms with E-state index in [0.717, 1.165) is 13.1 Å². The molecule has 0 radical (unpaired) electrons. The van der Waals surface area contributed by atoms with Crippen molar-refractivity contribution >= 4 is 11.8 Å². The fourth-order valence-electron chi connectivity index (χ4n) is 2.63. The number of aliphatic hydroxyl groups is 1. The average Bonchev–Trinajstić information content (AvgIpc) is 2.50. The van der Waals surface area contributed by atoms with Crippen LogP contribution in [-0.2, 0) is 14.3 Å². The first kappa shape index (κ1) is 20.9. The molecular weight excluding hydrogens is 310 g/mol. The highest BCUT2D eigenvalue weighted by molar-refractivity contribution is 5.86. The van der Waals surface area contributed by atoms with Crippen LogP contribution in [0.4, 0.5) is 0 Å². The summed E-state index contributed by atoms with van der Waals surface area (Å²) in [5.41, 5.74) is -0.149. The van der Waals surface area contributed by atoms with Crippen LogP contribution < -0.4 is 5.32 Å². The molecule has 0 saturated carbocycles. The highest BCUT2D eigenvalue weighted by Crippen LogP contribution is 2.20. The molecule has 2 atom stereocenters. The van der Waals surface area contributed by atoms with Crippen LogP contribution in [0.25, 0.3) is 0 Å². The third-order valence-electron chi connectivity index (χ3n) is 4.40. The summed E-state index contributed by atoms with van der Waals surface area (Å²) >= 11 is 0. The number of hydrogen-bond acceptors (Lipinski definition) is 5. The topological polar surface area (TPSA) is 82.1 Å². The van der Waals surface area contributed by atoms with Gasteiger partial charge in [0.05, 0.1) is 6.10 Å². The number of ether oxygens (including phenoxy) is 1. The van der Waals surface area contributed by atoms with Crippen LogP contribution in [-0.4, -0.2) is 85.3 Å². The number of carbonyl (C=O) groups is 2. The smallest absolute Gasteiger partial charge is 0.245 e. The van der Waals surface area contributed by atoms with E-state index in [1.165, 1.54) is 6.92 Å². The zero-order valence-corrected chi connectivity index (χ0v) is 15.7. The Bertz CT molecular complexity index is 415. The van der Waals surface area contributed by atoms with Crippen LogP contribution in [0.3, 0.4) is 0 Å². The van der Waals surface area contributed by atoms with E-state index in [9.17, 15) is 14.7 Å². The van der Waals surface area contributed by atoms with Gasteiger partial charge >= 0.3 is 0 Å². The van der Waals surface area contributed by atoms with Gasteiger partial charge in [-0.1, -0.05) is 20.8 Å². The molecule has 0 spiro atoms. The lowest BCUT2D eigenvalue weighted by Gasteiger charge is -2.39. The van der Waals surface area contributed by atoms with Gasteiger partial charge in [-0.15, -0.1) is 0 Å². The number of β-amino-alcohol motifs (C(OH)–C–C–N with tert-alkyl or cyclic N) is 1. The zero-order valence-electron chi connectivity index (χ0n) is 15.7. The van der Waals surface area contributed by atoms with Crippen LogP contribution >= 0.6 is 0 Å². The van der Waals surface area contributed by atoms with E-state index in [2.05, 4.69) is 10.2 Å². The van der Waals surface area contributed by atoms with Gasteiger partial charge < -0.3 is 20.1 Å². The number of hydrogen-bond donors (Lipinski definition) is 2. The van der Waals surface area contributed by atoms with Gasteiger partial charge in [0.15, 0.2) is 0 Å². The number of nitrogens with zero attached hydrogens (tertiary/aromatic N) is 2. The van der Waals surface area contributed by atoms with Gasteiger partial charge in [0.1, 0.15) is 6.04 Å². The molecule has 0 aromatic rings. The van der Waals surface area contributed by atoms with Gasteiger partial charge in [0, 0.05) is 53.4 Å². The molecule has 1 heterocycles. The maximum absolute atomic E-state index is 12.6. The van der Waals surface area contributed by atoms with E-state index >= 15 is 0 Å². The van der Waals surface area contributed by atoms with Gasteiger partial charge in [0.25, 0.3) is 0 Å². The molecule has 0 bridgehead atoms. The quantitative estimate of drug-likeness (QED) is 0.684. The lowest BCUT2D eigenvalue weighted by atomic mass is 9.89. The maximum atomic E-state index is 12.6. The second-order valence-electron chi connectivity index (χ2n) is 7.54. The van der Waals surface area contributed by atoms with Crippen molar-refractivity contribution < 1.29 is 19.4 Å². The number of amides is 2. The van der Waals surface area contributed by atoms with E-state index in [0.29, 0.717) is 32.7 Å². The van der Waals surface area contributed by atoms with E-state index in [4.69, 9.17) is 4.74 Å². The summed E-state index contributed by atoms with van der Waals surface area (Å²) < 4.78 is 5.03. The first-order chi connectivity index (χ1) is 11.1. The highest BCUT2D eigenvalue weighted by atomic mass is 16.5. The van der Waals surface area contributed by atoms with Crippen molar-refractivity contribution in [3.05, 3.63) is 0 Å². The van der Waals surface area contributed by atoms with Crippen LogP contribution in [0.15, 0.2) is 0 Å². The van der Waals surface area contributed by atoms with Crippen molar-refractivity contribution in [3.8, 4) is 0 Å². The molecule has 1 saturated heterocycles. The monoisotopic (exact) mass is 343 g/mol. The number of carbonyl (C=O) groups excluding carboxylic acids is 2. The molecule has 1 aliphatic heterocycles. The lowest BCUT2D eigenvalue weighted by Crippen LogP contribution is -2.56. The van der Waals surface area contributed by atoms with Gasteiger partial charge in [-0.25, -0.2) is 0 Å². The van der Waals surface area contributed by atoms with Gasteiger partial charge in [-0.05, 0) is 11.8 Å². The molecule has 0 aromatic heterocycles. The molecule has 1 aliphatic rings. The second-order valence-corrected chi connectivity index (χ2v) is 7.54. The molecule has 0 aliphatic carbocycles. The minimum Gasteiger partial charge on any atom is -0.391 e. The third-order valence-corrected chi connectivity index (χ3v) is 4.40. The van der Waals surface area contributed by atoms with Crippen LogP contribution in [0, 0.1) is 5.41 Å². The van der Waals surface area contributed by atoms with E-state index in [1.807, 2.05) is 20.8 Å². The fraction of sp³-hybridized carbons (Fsp3) is 0.882. The summed E-state index contributed by atoms with van der Waals surface area (Å²) in [4.78, 5) is 27.9. The molecule has 2 N–H and O–H groups in total. The van der Waals surface area contributed by atoms with E-state index in [1.54, 1.807) is 12.0 Å². The van der Waals surface area contributed by atoms with Crippen molar-refractivity contribution in [2.45, 2.75) is 46.3 Å². The Balaban J connectivity index is 2.52. The molecule has 24 heavy (non-hydrogen) atoms. The first-order valence-corrected chi connectivity index (χ1v) is 8.60. The number of nitrogens with one attached hydrogen (secondary N) is 1. The Morgan fingerprint density at radius 1 is 1.21 bits per heavy atom. The van der Waals surface area contributed by atoms with Gasteiger partial charge in [-0.2, -0.15) is 0 Å². The maximum Gasteiger partial charge on any atom is 0.245 e. The third kappa shape index (κ3) is 6.75. The Hall–Kier alpha value is -1.18. The largest absolute Gasteiger partial charge is 0.391 e. The molecule has 1 rings (SSSR count). The lowest BCUT2D eigenvalue weighted by molar-refractivity contribution is -0.138. The predicted octanol–water partition coefficient (Wildman–Crippen LogP) is 0.0788. The summed E-state index contributed by atoms with van der Waals surface area (Å²) in [6.07, 6.45) is 0.0753. The molecular formula is C17H33N3O4. The summed E-state index contributed by atoms with van der Waals surface area (Å²) in [6.45, 7) is 11.2. The molecule has 2 amide bonds. The molecule has 0 unspecified atom stereocenters. The van der Waals surface area contributed by atoms with Crippen molar-refractivity contribution in [3.63, 3.8) is 0 Å². The zero-order chi connectivity index (χ0) is 18.3. The minimum atomic E-state index is -0.533. The van der Waals surface area contributed by atoms with Crippen molar-refractivity contribution in [2.75, 3.05) is 46.4 Å². The number of aliphatic hydroxyl groups excluding tert-OH is 1. The van der Waals surface area contributed by atoms with Crippen LogP contribution in [0.1, 0.15) is 34.1 Å². The highest BCUT2D eigenvalue weighted by Gasteiger charge is 2.30. The van der Waals surface area contributed by atoms with E-state index < -0.39 is 12.1 Å². The number of rotatable bonds is 7. The van der Waals surface area contributed by atoms with Gasteiger partial charge in [0.2, 0.25) is 11.8 Å². The Morgan fingerprint density at radius 3 is 2.25 bits per heavy atom. The molecule has 7 nitrogen and oxygen atoms in total. The SMILES string of the molecule is COCC[C@H](NC(C)=O)C(=O)N1CCN(C[C@H](O)C(C)(C)C)CC1. The standard InChI is InChI=1S/C17H33N3O4/c1-13(21)18-14(6-11-24-5)16(23)20-9-7-19(8-10-20)12-15(22)17(2,3)4/h14-15,22H,6-12H2,1-5H3,(H,18,21)/t14-,15-/m0/s1. The summed E-state index contributed by atoms with van der Waals surface area (Å²) in [7, 11) is 1.58. The minimum absolute atomic E-state index is 0.0572. The normalized spacial score (nSPS) is 19.0. The second kappa shape index (κ2) is 9.34. The van der Waals surface area contributed by atoms with Crippen LogP contribution in [0.2, 0.25) is 0 Å². The summed E-state index contributed by atoms with van der Waals surface area (Å²) in [6, 6.07) is -0.533. The number of piperazine rings is 1. The number of methoxy groups -OCH3 is 1. The molecule has 7 heteroatoms. The Morgan fingerprint density at radius 2 is 1.79 bits per heavy atom. The molecule has 140 valence electrons. The van der Waals surface area contributed by atoms with Crippen molar-refractivity contribution in [1.82, 2.24) is 15.1 Å². The summed E-state index contributed by atoms with van der Waals surface area (Å²) in [5, 5.41) is 12.9. The fourth-order valence-corrected chi connectivity index (χ4v) is 2.63. The molecule has 1 fully saturated rings. The Kier molecular flexibility index (Phi) is 8.12. The average molecular weight is 343 g/mol. The van der Waals surface area contributed by atoms with Crippen molar-refractivity contribution in [2.24, 2.45) is 5.41 Å². The first-order valence-electron chi connectivity index (χ1n) is 8.60. The van der Waals surface area contributed by atoms with Crippen LogP contribution in [0.5, 0.6) is 0 Å². The van der Waals surface area contributed by atoms with E-state index in [-0.39, 0.29) is 17.2 Å². The van der Waals surface area contributed by atoms with Crippen molar-refractivity contribution in [1.29, 1.82) is 0 Å².